The Balaban J connectivity index is 2.54. The first-order valence-electron chi connectivity index (χ1n) is 12.6. The van der Waals surface area contributed by atoms with Gasteiger partial charge in [-0.2, -0.15) is 0 Å². The third-order valence-corrected chi connectivity index (χ3v) is 5.64. The van der Waals surface area contributed by atoms with Crippen molar-refractivity contribution >= 4 is 11.9 Å². The summed E-state index contributed by atoms with van der Waals surface area (Å²) in [7, 11) is 0. The first-order valence-corrected chi connectivity index (χ1v) is 12.6. The lowest BCUT2D eigenvalue weighted by Gasteiger charge is -2.16. The van der Waals surface area contributed by atoms with Crippen LogP contribution in [0.1, 0.15) is 117 Å². The average molecular weight is 433 g/mol. The van der Waals surface area contributed by atoms with Gasteiger partial charge in [0.2, 0.25) is 0 Å². The van der Waals surface area contributed by atoms with E-state index < -0.39 is 0 Å². The van der Waals surface area contributed by atoms with Crippen molar-refractivity contribution < 1.29 is 19.1 Å². The zero-order valence-electron chi connectivity index (χ0n) is 20.1. The fourth-order valence-electron chi connectivity index (χ4n) is 3.76. The van der Waals surface area contributed by atoms with Crippen LogP contribution in [0.25, 0.3) is 0 Å². The molecule has 0 spiro atoms. The van der Waals surface area contributed by atoms with Crippen molar-refractivity contribution in [1.29, 1.82) is 0 Å². The molecule has 4 heteroatoms. The summed E-state index contributed by atoms with van der Waals surface area (Å²) in [5, 5.41) is 0. The van der Waals surface area contributed by atoms with Crippen LogP contribution in [0.3, 0.4) is 0 Å². The van der Waals surface area contributed by atoms with Crippen molar-refractivity contribution in [1.82, 2.24) is 0 Å². The van der Waals surface area contributed by atoms with Crippen LogP contribution in [0.4, 0.5) is 0 Å². The molecule has 1 atom stereocenters. The number of hydrogen-bond donors (Lipinski definition) is 0. The van der Waals surface area contributed by atoms with Gasteiger partial charge in [0.1, 0.15) is 0 Å². The van der Waals surface area contributed by atoms with E-state index in [0.717, 1.165) is 44.9 Å². The van der Waals surface area contributed by atoms with Gasteiger partial charge in [0.05, 0.1) is 5.92 Å². The van der Waals surface area contributed by atoms with Gasteiger partial charge in [-0.05, 0) is 31.4 Å². The fourth-order valence-corrected chi connectivity index (χ4v) is 3.76. The SMILES string of the molecule is CCCCCCCCC(CCC)C(=O)Oc1ccccc1OC(=O)CCCCCCC. The van der Waals surface area contributed by atoms with E-state index in [2.05, 4.69) is 20.8 Å². The number of ether oxygens (including phenoxy) is 2. The van der Waals surface area contributed by atoms with E-state index in [9.17, 15) is 9.59 Å². The monoisotopic (exact) mass is 432 g/mol. The Hall–Kier alpha value is -1.84. The van der Waals surface area contributed by atoms with Crippen LogP contribution >= 0.6 is 0 Å². The number of rotatable bonds is 18. The number of carbonyl (C=O) groups excluding carboxylic acids is 2. The van der Waals surface area contributed by atoms with Gasteiger partial charge in [0, 0.05) is 6.42 Å². The predicted molar refractivity (Wildman–Crippen MR) is 127 cm³/mol. The van der Waals surface area contributed by atoms with Crippen LogP contribution in [0.5, 0.6) is 11.5 Å². The van der Waals surface area contributed by atoms with Gasteiger partial charge >= 0.3 is 11.9 Å². The van der Waals surface area contributed by atoms with E-state index in [1.54, 1.807) is 24.3 Å². The molecule has 0 aliphatic heterocycles. The van der Waals surface area contributed by atoms with E-state index in [-0.39, 0.29) is 17.9 Å². The van der Waals surface area contributed by atoms with E-state index >= 15 is 0 Å². The Bertz CT molecular complexity index is 611. The minimum Gasteiger partial charge on any atom is -0.423 e. The van der Waals surface area contributed by atoms with Crippen molar-refractivity contribution in [3.63, 3.8) is 0 Å². The van der Waals surface area contributed by atoms with Gasteiger partial charge in [0.15, 0.2) is 11.5 Å². The molecular formula is C27H44O4. The zero-order chi connectivity index (χ0) is 22.7. The summed E-state index contributed by atoms with van der Waals surface area (Å²) in [6, 6.07) is 6.99. The van der Waals surface area contributed by atoms with Crippen molar-refractivity contribution in [2.75, 3.05) is 0 Å². The van der Waals surface area contributed by atoms with Crippen LogP contribution in [0.2, 0.25) is 0 Å². The van der Waals surface area contributed by atoms with E-state index in [4.69, 9.17) is 9.47 Å². The highest BCUT2D eigenvalue weighted by molar-refractivity contribution is 5.77. The van der Waals surface area contributed by atoms with Gasteiger partial charge in [-0.3, -0.25) is 9.59 Å². The molecule has 0 saturated heterocycles. The van der Waals surface area contributed by atoms with Crippen molar-refractivity contribution in [3.8, 4) is 11.5 Å². The number of carbonyl (C=O) groups is 2. The molecule has 0 radical (unpaired) electrons. The predicted octanol–water partition coefficient (Wildman–Crippen LogP) is 8.02. The van der Waals surface area contributed by atoms with Gasteiger partial charge in [-0.1, -0.05) is 104 Å². The maximum absolute atomic E-state index is 12.8. The lowest BCUT2D eigenvalue weighted by Crippen LogP contribution is -2.21. The molecule has 0 aromatic heterocycles. The largest absolute Gasteiger partial charge is 0.423 e. The third kappa shape index (κ3) is 12.6. The molecule has 0 bridgehead atoms. The molecule has 1 aromatic rings. The summed E-state index contributed by atoms with van der Waals surface area (Å²) in [6.45, 7) is 6.49. The Morgan fingerprint density at radius 2 is 1.23 bits per heavy atom. The summed E-state index contributed by atoms with van der Waals surface area (Å²) >= 11 is 0. The van der Waals surface area contributed by atoms with Crippen LogP contribution in [-0.4, -0.2) is 11.9 Å². The smallest absolute Gasteiger partial charge is 0.314 e. The van der Waals surface area contributed by atoms with Gasteiger partial charge in [0.25, 0.3) is 0 Å². The Morgan fingerprint density at radius 1 is 0.677 bits per heavy atom. The molecule has 1 aromatic carbocycles. The summed E-state index contributed by atoms with van der Waals surface area (Å²) in [6.07, 6.45) is 15.7. The third-order valence-electron chi connectivity index (χ3n) is 5.64. The summed E-state index contributed by atoms with van der Waals surface area (Å²) in [4.78, 5) is 25.0. The maximum atomic E-state index is 12.8. The fraction of sp³-hybridized carbons (Fsp3) is 0.704. The first-order chi connectivity index (χ1) is 15.1. The van der Waals surface area contributed by atoms with Crippen LogP contribution in [0, 0.1) is 5.92 Å². The standard InChI is InChI=1S/C27H44O4/c1-4-7-9-11-13-14-19-23(18-6-3)27(29)31-25-21-17-16-20-24(25)30-26(28)22-15-12-10-8-5-2/h16-17,20-21,23H,4-15,18-19,22H2,1-3H3. The highest BCUT2D eigenvalue weighted by Gasteiger charge is 2.21. The quantitative estimate of drug-likeness (QED) is 0.134. The molecule has 1 unspecified atom stereocenters. The highest BCUT2D eigenvalue weighted by Crippen LogP contribution is 2.29. The average Bonchev–Trinajstić information content (AvgIpc) is 2.76. The maximum Gasteiger partial charge on any atom is 0.314 e. The number of unbranched alkanes of at least 4 members (excludes halogenated alkanes) is 9. The zero-order valence-corrected chi connectivity index (χ0v) is 20.1. The van der Waals surface area contributed by atoms with Gasteiger partial charge < -0.3 is 9.47 Å². The molecule has 4 nitrogen and oxygen atoms in total. The second-order valence-corrected chi connectivity index (χ2v) is 8.55. The molecule has 0 heterocycles. The second kappa shape index (κ2) is 17.8. The Kier molecular flexibility index (Phi) is 15.6. The van der Waals surface area contributed by atoms with Crippen LogP contribution in [0.15, 0.2) is 24.3 Å². The number of esters is 2. The Morgan fingerprint density at radius 3 is 1.84 bits per heavy atom. The van der Waals surface area contributed by atoms with Crippen molar-refractivity contribution in [2.45, 2.75) is 117 Å². The minimum atomic E-state index is -0.266. The topological polar surface area (TPSA) is 52.6 Å². The van der Waals surface area contributed by atoms with Crippen LogP contribution in [-0.2, 0) is 9.59 Å². The molecule has 1 rings (SSSR count). The van der Waals surface area contributed by atoms with E-state index in [0.29, 0.717) is 17.9 Å². The lowest BCUT2D eigenvalue weighted by molar-refractivity contribution is -0.140. The molecule has 0 fully saturated rings. The number of para-hydroxylation sites is 2. The molecule has 0 N–H and O–H groups in total. The number of benzene rings is 1. The molecule has 176 valence electrons. The van der Waals surface area contributed by atoms with Crippen molar-refractivity contribution in [2.24, 2.45) is 5.92 Å². The first kappa shape index (κ1) is 27.2. The summed E-state index contributed by atoms with van der Waals surface area (Å²) in [5.41, 5.74) is 0. The second-order valence-electron chi connectivity index (χ2n) is 8.55. The van der Waals surface area contributed by atoms with E-state index in [1.807, 2.05) is 0 Å². The van der Waals surface area contributed by atoms with Crippen molar-refractivity contribution in [3.05, 3.63) is 24.3 Å². The molecule has 0 saturated carbocycles. The van der Waals surface area contributed by atoms with Crippen LogP contribution < -0.4 is 9.47 Å². The molecule has 31 heavy (non-hydrogen) atoms. The molecular weight excluding hydrogens is 388 g/mol. The normalized spacial score (nSPS) is 11.8. The van der Waals surface area contributed by atoms with Gasteiger partial charge in [-0.25, -0.2) is 0 Å². The minimum absolute atomic E-state index is 0.0986. The van der Waals surface area contributed by atoms with E-state index in [1.165, 1.54) is 44.9 Å². The Labute approximate surface area is 190 Å². The molecule has 0 amide bonds. The van der Waals surface area contributed by atoms with Gasteiger partial charge in [-0.15, -0.1) is 0 Å². The summed E-state index contributed by atoms with van der Waals surface area (Å²) in [5.74, 6) is 0.106. The molecule has 0 aliphatic carbocycles. The summed E-state index contributed by atoms with van der Waals surface area (Å²) < 4.78 is 11.2. The lowest BCUT2D eigenvalue weighted by atomic mass is 9.96. The highest BCUT2D eigenvalue weighted by atomic mass is 16.6. The molecule has 0 aliphatic rings. The number of hydrogen-bond acceptors (Lipinski definition) is 4.